The van der Waals surface area contributed by atoms with Gasteiger partial charge in [-0.25, -0.2) is 0 Å². The van der Waals surface area contributed by atoms with Crippen molar-refractivity contribution >= 4 is 5.78 Å². The summed E-state index contributed by atoms with van der Waals surface area (Å²) in [6.07, 6.45) is 2.95. The fourth-order valence-electron chi connectivity index (χ4n) is 1.00. The molecule has 0 spiro atoms. The number of ketones is 1. The van der Waals surface area contributed by atoms with E-state index < -0.39 is 0 Å². The Bertz CT molecular complexity index is 135. The molecule has 0 amide bonds. The SMILES string of the molecule is C1COCN1.CCCCC(=O)C(C)C. The highest BCUT2D eigenvalue weighted by Crippen LogP contribution is 2.02. The van der Waals surface area contributed by atoms with Crippen LogP contribution in [0.1, 0.15) is 40.0 Å². The lowest BCUT2D eigenvalue weighted by Crippen LogP contribution is -2.05. The molecule has 3 heteroatoms. The van der Waals surface area contributed by atoms with Crippen LogP contribution in [0.4, 0.5) is 0 Å². The smallest absolute Gasteiger partial charge is 0.135 e. The van der Waals surface area contributed by atoms with Gasteiger partial charge in [-0.2, -0.15) is 0 Å². The van der Waals surface area contributed by atoms with Gasteiger partial charge in [0.15, 0.2) is 0 Å². The normalized spacial score (nSPS) is 15.1. The lowest BCUT2D eigenvalue weighted by atomic mass is 10.0. The van der Waals surface area contributed by atoms with E-state index in [9.17, 15) is 4.79 Å². The Morgan fingerprint density at radius 1 is 1.50 bits per heavy atom. The van der Waals surface area contributed by atoms with E-state index in [4.69, 9.17) is 4.74 Å². The fraction of sp³-hybridized carbons (Fsp3) is 0.909. The van der Waals surface area contributed by atoms with E-state index >= 15 is 0 Å². The van der Waals surface area contributed by atoms with Crippen LogP contribution in [-0.2, 0) is 9.53 Å². The molecule has 0 aromatic heterocycles. The van der Waals surface area contributed by atoms with Crippen LogP contribution in [0.3, 0.4) is 0 Å². The maximum Gasteiger partial charge on any atom is 0.135 e. The Morgan fingerprint density at radius 3 is 2.50 bits per heavy atom. The highest BCUT2D eigenvalue weighted by molar-refractivity contribution is 5.80. The van der Waals surface area contributed by atoms with Crippen LogP contribution in [0.5, 0.6) is 0 Å². The van der Waals surface area contributed by atoms with E-state index in [2.05, 4.69) is 12.2 Å². The Kier molecular flexibility index (Phi) is 8.89. The summed E-state index contributed by atoms with van der Waals surface area (Å²) in [5.74, 6) is 0.633. The predicted octanol–water partition coefficient (Wildman–Crippen LogP) is 1.97. The summed E-state index contributed by atoms with van der Waals surface area (Å²) in [5, 5.41) is 3.00. The van der Waals surface area contributed by atoms with Gasteiger partial charge in [-0.3, -0.25) is 10.1 Å². The molecular formula is C11H23NO2. The molecule has 1 N–H and O–H groups in total. The summed E-state index contributed by atoms with van der Waals surface area (Å²) in [6, 6.07) is 0. The summed E-state index contributed by atoms with van der Waals surface area (Å²) in [4.78, 5) is 10.9. The highest BCUT2D eigenvalue weighted by Gasteiger charge is 2.04. The van der Waals surface area contributed by atoms with Crippen molar-refractivity contribution < 1.29 is 9.53 Å². The second-order valence-corrected chi connectivity index (χ2v) is 3.78. The zero-order chi connectivity index (χ0) is 10.8. The van der Waals surface area contributed by atoms with Gasteiger partial charge in [-0.15, -0.1) is 0 Å². The van der Waals surface area contributed by atoms with E-state index in [1.807, 2.05) is 13.8 Å². The Hall–Kier alpha value is -0.410. The zero-order valence-corrected chi connectivity index (χ0v) is 9.64. The molecule has 14 heavy (non-hydrogen) atoms. The van der Waals surface area contributed by atoms with Crippen molar-refractivity contribution in [3.05, 3.63) is 0 Å². The first-order chi connectivity index (χ1) is 6.68. The van der Waals surface area contributed by atoms with Crippen molar-refractivity contribution in [3.8, 4) is 0 Å². The quantitative estimate of drug-likeness (QED) is 0.755. The van der Waals surface area contributed by atoms with Crippen molar-refractivity contribution in [2.45, 2.75) is 40.0 Å². The van der Waals surface area contributed by atoms with Gasteiger partial charge in [-0.1, -0.05) is 27.2 Å². The average molecular weight is 201 g/mol. The molecule has 0 radical (unpaired) electrons. The molecule has 3 nitrogen and oxygen atoms in total. The lowest BCUT2D eigenvalue weighted by molar-refractivity contribution is -0.121. The number of hydrogen-bond donors (Lipinski definition) is 1. The van der Waals surface area contributed by atoms with E-state index in [1.165, 1.54) is 0 Å². The minimum Gasteiger partial charge on any atom is -0.365 e. The molecular weight excluding hydrogens is 178 g/mol. The molecule has 1 aliphatic heterocycles. The summed E-state index contributed by atoms with van der Waals surface area (Å²) in [5.41, 5.74) is 0. The summed E-state index contributed by atoms with van der Waals surface area (Å²) in [6.45, 7) is 8.68. The van der Waals surface area contributed by atoms with Crippen LogP contribution in [-0.4, -0.2) is 25.7 Å². The van der Waals surface area contributed by atoms with Gasteiger partial charge in [0.05, 0.1) is 13.3 Å². The van der Waals surface area contributed by atoms with Crippen LogP contribution in [0.2, 0.25) is 0 Å². The van der Waals surface area contributed by atoms with Gasteiger partial charge in [0.2, 0.25) is 0 Å². The Labute approximate surface area is 87.2 Å². The van der Waals surface area contributed by atoms with Crippen LogP contribution >= 0.6 is 0 Å². The summed E-state index contributed by atoms with van der Waals surface area (Å²) >= 11 is 0. The second-order valence-electron chi connectivity index (χ2n) is 3.78. The number of carbonyl (C=O) groups excluding carboxylic acids is 1. The van der Waals surface area contributed by atoms with Gasteiger partial charge in [0, 0.05) is 18.9 Å². The monoisotopic (exact) mass is 201 g/mol. The van der Waals surface area contributed by atoms with Crippen LogP contribution in [0.15, 0.2) is 0 Å². The number of hydrogen-bond acceptors (Lipinski definition) is 3. The number of unbranched alkanes of at least 4 members (excludes halogenated alkanes) is 1. The van der Waals surface area contributed by atoms with Crippen LogP contribution in [0.25, 0.3) is 0 Å². The highest BCUT2D eigenvalue weighted by atomic mass is 16.5. The maximum absolute atomic E-state index is 10.9. The second kappa shape index (κ2) is 9.16. The van der Waals surface area contributed by atoms with Gasteiger partial charge < -0.3 is 4.74 Å². The molecule has 1 fully saturated rings. The first kappa shape index (κ1) is 13.6. The van der Waals surface area contributed by atoms with Gasteiger partial charge in [0.1, 0.15) is 5.78 Å². The van der Waals surface area contributed by atoms with Gasteiger partial charge >= 0.3 is 0 Å². The Balaban J connectivity index is 0.000000280. The van der Waals surface area contributed by atoms with Crippen molar-refractivity contribution in [1.29, 1.82) is 0 Å². The largest absolute Gasteiger partial charge is 0.365 e. The lowest BCUT2D eigenvalue weighted by Gasteiger charge is -2.00. The first-order valence-electron chi connectivity index (χ1n) is 5.49. The minimum atomic E-state index is 0.233. The van der Waals surface area contributed by atoms with Crippen molar-refractivity contribution in [1.82, 2.24) is 5.32 Å². The topological polar surface area (TPSA) is 38.3 Å². The van der Waals surface area contributed by atoms with Crippen molar-refractivity contribution in [3.63, 3.8) is 0 Å². The third-order valence-electron chi connectivity index (χ3n) is 2.05. The maximum atomic E-state index is 10.9. The molecule has 1 saturated heterocycles. The Morgan fingerprint density at radius 2 is 2.21 bits per heavy atom. The standard InChI is InChI=1S/C8H16O.C3H7NO/c1-4-5-6-8(9)7(2)3;1-2-5-3-4-1/h7H,4-6H2,1-3H3;4H,1-3H2. The summed E-state index contributed by atoms with van der Waals surface area (Å²) < 4.78 is 4.83. The molecule has 0 atom stereocenters. The van der Waals surface area contributed by atoms with Crippen LogP contribution in [0, 0.1) is 5.92 Å². The molecule has 84 valence electrons. The zero-order valence-electron chi connectivity index (χ0n) is 9.64. The average Bonchev–Trinajstić information content (AvgIpc) is 2.71. The number of carbonyl (C=O) groups is 1. The molecule has 0 aliphatic carbocycles. The number of rotatable bonds is 4. The predicted molar refractivity (Wildman–Crippen MR) is 58.2 cm³/mol. The summed E-state index contributed by atoms with van der Waals surface area (Å²) in [7, 11) is 0. The molecule has 0 saturated carbocycles. The molecule has 1 heterocycles. The molecule has 0 aromatic rings. The molecule has 0 aromatic carbocycles. The fourth-order valence-corrected chi connectivity index (χ4v) is 1.00. The van der Waals surface area contributed by atoms with Gasteiger partial charge in [-0.05, 0) is 6.42 Å². The molecule has 0 unspecified atom stereocenters. The number of ether oxygens (including phenoxy) is 1. The third-order valence-corrected chi connectivity index (χ3v) is 2.05. The van der Waals surface area contributed by atoms with Crippen molar-refractivity contribution in [2.75, 3.05) is 19.9 Å². The number of Topliss-reactive ketones (excluding diaryl/α,β-unsaturated/α-hetero) is 1. The molecule has 0 bridgehead atoms. The van der Waals surface area contributed by atoms with E-state index in [0.717, 1.165) is 39.1 Å². The first-order valence-corrected chi connectivity index (χ1v) is 5.49. The van der Waals surface area contributed by atoms with Gasteiger partial charge in [0.25, 0.3) is 0 Å². The van der Waals surface area contributed by atoms with Crippen molar-refractivity contribution in [2.24, 2.45) is 5.92 Å². The molecule has 1 aliphatic rings. The minimum absolute atomic E-state index is 0.233. The number of nitrogens with one attached hydrogen (secondary N) is 1. The van der Waals surface area contributed by atoms with E-state index in [1.54, 1.807) is 0 Å². The third kappa shape index (κ3) is 8.20. The van der Waals surface area contributed by atoms with Crippen LogP contribution < -0.4 is 5.32 Å². The van der Waals surface area contributed by atoms with E-state index in [0.29, 0.717) is 5.78 Å². The molecule has 1 rings (SSSR count). The van der Waals surface area contributed by atoms with E-state index in [-0.39, 0.29) is 5.92 Å².